The predicted molar refractivity (Wildman–Crippen MR) is 127 cm³/mol. The van der Waals surface area contributed by atoms with Gasteiger partial charge in [-0.2, -0.15) is 5.10 Å². The summed E-state index contributed by atoms with van der Waals surface area (Å²) in [5, 5.41) is 3.97. The van der Waals surface area contributed by atoms with Crippen LogP contribution in [0, 0.1) is 0 Å². The first-order valence-corrected chi connectivity index (χ1v) is 10.5. The highest BCUT2D eigenvalue weighted by Crippen LogP contribution is 2.38. The molecule has 3 aromatic carbocycles. The van der Waals surface area contributed by atoms with E-state index in [1.165, 1.54) is 39.7 Å². The summed E-state index contributed by atoms with van der Waals surface area (Å²) in [6.45, 7) is 0. The molecule has 0 radical (unpaired) electrons. The predicted octanol–water partition coefficient (Wildman–Crippen LogP) is 4.46. The molecule has 1 N–H and O–H groups in total. The lowest BCUT2D eigenvalue weighted by Crippen LogP contribution is -2.18. The molecule has 0 spiro atoms. The van der Waals surface area contributed by atoms with E-state index in [1.54, 1.807) is 48.5 Å². The molecular weight excluding hydrogens is 492 g/mol. The number of ether oxygens (including phenoxy) is 4. The number of esters is 1. The van der Waals surface area contributed by atoms with Crippen molar-refractivity contribution in [3.05, 3.63) is 81.8 Å². The molecule has 0 unspecified atom stereocenters. The van der Waals surface area contributed by atoms with Gasteiger partial charge in [0.2, 0.25) is 5.75 Å². The Morgan fingerprint density at radius 1 is 0.848 bits per heavy atom. The smallest absolute Gasteiger partial charge is 0.343 e. The Morgan fingerprint density at radius 3 is 2.00 bits per heavy atom. The van der Waals surface area contributed by atoms with Gasteiger partial charge in [0.25, 0.3) is 5.91 Å². The number of nitrogens with one attached hydrogen (secondary N) is 1. The molecule has 0 aliphatic rings. The summed E-state index contributed by atoms with van der Waals surface area (Å²) in [6.07, 6.45) is 1.47. The summed E-state index contributed by atoms with van der Waals surface area (Å²) in [7, 11) is 4.42. The number of carbonyl (C=O) groups excluding carboxylic acids is 2. The molecule has 0 bridgehead atoms. The van der Waals surface area contributed by atoms with E-state index in [1.807, 2.05) is 0 Å². The fourth-order valence-corrected chi connectivity index (χ4v) is 3.08. The standard InChI is InChI=1S/C24H21BrN2O6/c1-30-20-12-17(13-21(31-2)22(20)32-3)23(28)27-26-14-15-4-10-19(11-5-15)33-24(29)16-6-8-18(25)9-7-16/h4-14H,1-3H3,(H,27,28)/b26-14-. The molecule has 3 rings (SSSR count). The molecule has 0 aromatic heterocycles. The Morgan fingerprint density at radius 2 is 1.45 bits per heavy atom. The van der Waals surface area contributed by atoms with E-state index >= 15 is 0 Å². The molecule has 8 nitrogen and oxygen atoms in total. The summed E-state index contributed by atoms with van der Waals surface area (Å²) in [5.74, 6) is 0.591. The minimum Gasteiger partial charge on any atom is -0.493 e. The molecule has 33 heavy (non-hydrogen) atoms. The molecule has 9 heteroatoms. The molecule has 1 amide bonds. The largest absolute Gasteiger partial charge is 0.493 e. The first-order valence-electron chi connectivity index (χ1n) is 9.66. The number of carbonyl (C=O) groups is 2. The van der Waals surface area contributed by atoms with Gasteiger partial charge in [0.05, 0.1) is 33.1 Å². The number of nitrogens with zero attached hydrogens (tertiary/aromatic N) is 1. The normalized spacial score (nSPS) is 10.5. The van der Waals surface area contributed by atoms with Crippen molar-refractivity contribution in [2.45, 2.75) is 0 Å². The van der Waals surface area contributed by atoms with E-state index in [2.05, 4.69) is 26.5 Å². The first kappa shape index (κ1) is 23.8. The molecule has 0 heterocycles. The van der Waals surface area contributed by atoms with Crippen molar-refractivity contribution in [2.24, 2.45) is 5.10 Å². The Balaban J connectivity index is 1.62. The molecule has 3 aromatic rings. The van der Waals surface area contributed by atoms with Gasteiger partial charge in [0.1, 0.15) is 5.75 Å². The van der Waals surface area contributed by atoms with Crippen LogP contribution in [-0.2, 0) is 0 Å². The summed E-state index contributed by atoms with van der Waals surface area (Å²) in [5.41, 5.74) is 3.88. The summed E-state index contributed by atoms with van der Waals surface area (Å²) >= 11 is 3.32. The van der Waals surface area contributed by atoms with Crippen molar-refractivity contribution < 1.29 is 28.5 Å². The van der Waals surface area contributed by atoms with E-state index in [-0.39, 0.29) is 5.56 Å². The van der Waals surface area contributed by atoms with Crippen molar-refractivity contribution in [3.63, 3.8) is 0 Å². The van der Waals surface area contributed by atoms with Crippen LogP contribution in [0.15, 0.2) is 70.2 Å². The van der Waals surface area contributed by atoms with Gasteiger partial charge in [-0.15, -0.1) is 0 Å². The van der Waals surface area contributed by atoms with Crippen molar-refractivity contribution in [1.82, 2.24) is 5.43 Å². The number of hydrazone groups is 1. The lowest BCUT2D eigenvalue weighted by Gasteiger charge is -2.13. The van der Waals surface area contributed by atoms with Crippen molar-refractivity contribution >= 4 is 34.0 Å². The van der Waals surface area contributed by atoms with Crippen LogP contribution in [0.3, 0.4) is 0 Å². The number of amides is 1. The van der Waals surface area contributed by atoms with Crippen LogP contribution in [0.4, 0.5) is 0 Å². The molecule has 0 atom stereocenters. The SMILES string of the molecule is COc1cc(C(=O)N/N=C\c2ccc(OC(=O)c3ccc(Br)cc3)cc2)cc(OC)c1OC. The highest BCUT2D eigenvalue weighted by Gasteiger charge is 2.16. The minimum atomic E-state index is -0.457. The summed E-state index contributed by atoms with van der Waals surface area (Å²) < 4.78 is 22.0. The maximum atomic E-state index is 12.5. The third-order valence-electron chi connectivity index (χ3n) is 4.48. The zero-order valence-electron chi connectivity index (χ0n) is 18.1. The Kier molecular flexibility index (Phi) is 8.04. The van der Waals surface area contributed by atoms with Crippen LogP contribution in [0.2, 0.25) is 0 Å². The second kappa shape index (κ2) is 11.1. The number of methoxy groups -OCH3 is 3. The van der Waals surface area contributed by atoms with Crippen molar-refractivity contribution in [1.29, 1.82) is 0 Å². The fraction of sp³-hybridized carbons (Fsp3) is 0.125. The Labute approximate surface area is 199 Å². The molecule has 0 aliphatic carbocycles. The van der Waals surface area contributed by atoms with Gasteiger partial charge in [0.15, 0.2) is 11.5 Å². The van der Waals surface area contributed by atoms with Gasteiger partial charge >= 0.3 is 5.97 Å². The second-order valence-electron chi connectivity index (χ2n) is 6.58. The fourth-order valence-electron chi connectivity index (χ4n) is 2.82. The van der Waals surface area contributed by atoms with Crippen LogP contribution >= 0.6 is 15.9 Å². The average Bonchev–Trinajstić information content (AvgIpc) is 2.84. The van der Waals surface area contributed by atoms with E-state index in [4.69, 9.17) is 18.9 Å². The highest BCUT2D eigenvalue weighted by molar-refractivity contribution is 9.10. The second-order valence-corrected chi connectivity index (χ2v) is 7.49. The van der Waals surface area contributed by atoms with Crippen LogP contribution in [0.25, 0.3) is 0 Å². The van der Waals surface area contributed by atoms with Gasteiger partial charge in [-0.1, -0.05) is 15.9 Å². The topological polar surface area (TPSA) is 95.5 Å². The van der Waals surface area contributed by atoms with Gasteiger partial charge in [0, 0.05) is 10.0 Å². The number of halogens is 1. The number of hydrogen-bond donors (Lipinski definition) is 1. The molecule has 0 aliphatic heterocycles. The summed E-state index contributed by atoms with van der Waals surface area (Å²) in [6, 6.07) is 16.6. The van der Waals surface area contributed by atoms with Crippen molar-refractivity contribution in [2.75, 3.05) is 21.3 Å². The maximum absolute atomic E-state index is 12.5. The maximum Gasteiger partial charge on any atom is 0.343 e. The van der Waals surface area contributed by atoms with Crippen LogP contribution < -0.4 is 24.4 Å². The number of benzene rings is 3. The quantitative estimate of drug-likeness (QED) is 0.207. The summed E-state index contributed by atoms with van der Waals surface area (Å²) in [4.78, 5) is 24.7. The molecule has 170 valence electrons. The van der Waals surface area contributed by atoms with Gasteiger partial charge in [-0.25, -0.2) is 10.2 Å². The molecule has 0 saturated heterocycles. The number of hydrogen-bond acceptors (Lipinski definition) is 7. The van der Waals surface area contributed by atoms with E-state index < -0.39 is 11.9 Å². The molecule has 0 fully saturated rings. The lowest BCUT2D eigenvalue weighted by atomic mass is 10.1. The third-order valence-corrected chi connectivity index (χ3v) is 5.01. The molecular formula is C24H21BrN2O6. The van der Waals surface area contributed by atoms with E-state index in [0.717, 1.165) is 4.47 Å². The van der Waals surface area contributed by atoms with Crippen LogP contribution in [0.1, 0.15) is 26.3 Å². The van der Waals surface area contributed by atoms with E-state index in [0.29, 0.717) is 34.1 Å². The van der Waals surface area contributed by atoms with Gasteiger partial charge < -0.3 is 18.9 Å². The van der Waals surface area contributed by atoms with Crippen LogP contribution in [0.5, 0.6) is 23.0 Å². The van der Waals surface area contributed by atoms with E-state index in [9.17, 15) is 9.59 Å². The monoisotopic (exact) mass is 512 g/mol. The van der Waals surface area contributed by atoms with Gasteiger partial charge in [-0.3, -0.25) is 4.79 Å². The molecule has 0 saturated carbocycles. The minimum absolute atomic E-state index is 0.289. The Bertz CT molecular complexity index is 1140. The first-order chi connectivity index (χ1) is 15.9. The van der Waals surface area contributed by atoms with Crippen molar-refractivity contribution in [3.8, 4) is 23.0 Å². The zero-order chi connectivity index (χ0) is 23.8. The lowest BCUT2D eigenvalue weighted by molar-refractivity contribution is 0.0734. The zero-order valence-corrected chi connectivity index (χ0v) is 19.7. The van der Waals surface area contributed by atoms with Gasteiger partial charge in [-0.05, 0) is 66.2 Å². The Hall–Kier alpha value is -3.85. The average molecular weight is 513 g/mol. The number of rotatable bonds is 8. The highest BCUT2D eigenvalue weighted by atomic mass is 79.9. The third kappa shape index (κ3) is 6.11. The van der Waals surface area contributed by atoms with Crippen LogP contribution in [-0.4, -0.2) is 39.4 Å².